The van der Waals surface area contributed by atoms with Gasteiger partial charge in [-0.15, -0.1) is 0 Å². The van der Waals surface area contributed by atoms with Crippen molar-refractivity contribution in [1.82, 2.24) is 4.90 Å². The predicted octanol–water partition coefficient (Wildman–Crippen LogP) is 2.49. The number of benzene rings is 1. The lowest BCUT2D eigenvalue weighted by atomic mass is 9.93. The lowest BCUT2D eigenvalue weighted by molar-refractivity contribution is 0.0970. The zero-order valence-electron chi connectivity index (χ0n) is 12.3. The molecule has 0 spiro atoms. The summed E-state index contributed by atoms with van der Waals surface area (Å²) in [6, 6.07) is 9.09. The number of nitrogens with two attached hydrogens (primary N) is 1. The number of hydrogen-bond acceptors (Lipinski definition) is 3. The summed E-state index contributed by atoms with van der Waals surface area (Å²) in [5.74, 6) is 0. The fraction of sp³-hybridized carbons (Fsp3) is 0.625. The Morgan fingerprint density at radius 3 is 2.74 bits per heavy atom. The maximum absolute atomic E-state index is 6.40. The highest BCUT2D eigenvalue weighted by molar-refractivity contribution is 5.30. The SMILES string of the molecule is CCC(N)C(c1ccccc1C)N1CCC(OC)C1. The highest BCUT2D eigenvalue weighted by atomic mass is 16.5. The summed E-state index contributed by atoms with van der Waals surface area (Å²) in [5.41, 5.74) is 9.10. The van der Waals surface area contributed by atoms with Crippen LogP contribution in [0, 0.1) is 6.92 Å². The standard InChI is InChI=1S/C16H26N2O/c1-4-15(17)16(14-8-6-5-7-12(14)2)18-10-9-13(11-18)19-3/h5-8,13,15-16H,4,9-11,17H2,1-3H3. The van der Waals surface area contributed by atoms with Crippen molar-refractivity contribution in [3.8, 4) is 0 Å². The molecule has 19 heavy (non-hydrogen) atoms. The van der Waals surface area contributed by atoms with E-state index in [9.17, 15) is 0 Å². The molecule has 1 aromatic rings. The van der Waals surface area contributed by atoms with Gasteiger partial charge in [-0.25, -0.2) is 0 Å². The van der Waals surface area contributed by atoms with E-state index in [1.165, 1.54) is 11.1 Å². The van der Waals surface area contributed by atoms with Gasteiger partial charge in [-0.05, 0) is 30.9 Å². The Morgan fingerprint density at radius 2 is 2.16 bits per heavy atom. The number of methoxy groups -OCH3 is 1. The van der Waals surface area contributed by atoms with Crippen LogP contribution in [0.4, 0.5) is 0 Å². The molecular formula is C16H26N2O. The van der Waals surface area contributed by atoms with Crippen LogP contribution in [0.25, 0.3) is 0 Å². The molecule has 0 radical (unpaired) electrons. The highest BCUT2D eigenvalue weighted by Gasteiger charge is 2.32. The average molecular weight is 262 g/mol. The number of likely N-dealkylation sites (tertiary alicyclic amines) is 1. The van der Waals surface area contributed by atoms with Gasteiger partial charge in [0.25, 0.3) is 0 Å². The summed E-state index contributed by atoms with van der Waals surface area (Å²) in [4.78, 5) is 2.49. The first-order valence-electron chi connectivity index (χ1n) is 7.25. The zero-order chi connectivity index (χ0) is 13.8. The minimum absolute atomic E-state index is 0.178. The molecule has 1 saturated heterocycles. The monoisotopic (exact) mass is 262 g/mol. The summed E-state index contributed by atoms with van der Waals surface area (Å²) in [7, 11) is 1.80. The van der Waals surface area contributed by atoms with E-state index in [4.69, 9.17) is 10.5 Å². The molecule has 1 aliphatic rings. The molecule has 106 valence electrons. The van der Waals surface area contributed by atoms with Gasteiger partial charge >= 0.3 is 0 Å². The van der Waals surface area contributed by atoms with Crippen molar-refractivity contribution in [1.29, 1.82) is 0 Å². The van der Waals surface area contributed by atoms with Crippen LogP contribution in [0.2, 0.25) is 0 Å². The highest BCUT2D eigenvalue weighted by Crippen LogP contribution is 2.31. The molecular weight excluding hydrogens is 236 g/mol. The quantitative estimate of drug-likeness (QED) is 0.886. The number of rotatable bonds is 5. The fourth-order valence-electron chi connectivity index (χ4n) is 3.04. The van der Waals surface area contributed by atoms with E-state index in [-0.39, 0.29) is 6.04 Å². The topological polar surface area (TPSA) is 38.5 Å². The molecule has 1 aliphatic heterocycles. The molecule has 1 heterocycles. The van der Waals surface area contributed by atoms with Crippen LogP contribution >= 0.6 is 0 Å². The number of aryl methyl sites for hydroxylation is 1. The van der Waals surface area contributed by atoms with E-state index >= 15 is 0 Å². The largest absolute Gasteiger partial charge is 0.380 e. The van der Waals surface area contributed by atoms with Crippen LogP contribution < -0.4 is 5.73 Å². The second-order valence-electron chi connectivity index (χ2n) is 5.51. The number of hydrogen-bond donors (Lipinski definition) is 1. The van der Waals surface area contributed by atoms with Gasteiger partial charge in [-0.2, -0.15) is 0 Å². The Kier molecular flexibility index (Phi) is 4.97. The van der Waals surface area contributed by atoms with Crippen molar-refractivity contribution < 1.29 is 4.74 Å². The first-order valence-corrected chi connectivity index (χ1v) is 7.25. The van der Waals surface area contributed by atoms with Crippen molar-refractivity contribution in [2.45, 2.75) is 44.9 Å². The summed E-state index contributed by atoms with van der Waals surface area (Å²) < 4.78 is 5.49. The van der Waals surface area contributed by atoms with E-state index in [0.29, 0.717) is 12.1 Å². The fourth-order valence-corrected chi connectivity index (χ4v) is 3.04. The third-order valence-corrected chi connectivity index (χ3v) is 4.29. The molecule has 1 aromatic carbocycles. The van der Waals surface area contributed by atoms with Crippen LogP contribution in [0.5, 0.6) is 0 Å². The second-order valence-corrected chi connectivity index (χ2v) is 5.51. The van der Waals surface area contributed by atoms with Crippen LogP contribution in [-0.2, 0) is 4.74 Å². The molecule has 0 aromatic heterocycles. The minimum Gasteiger partial charge on any atom is -0.380 e. The van der Waals surface area contributed by atoms with Crippen LogP contribution in [0.1, 0.15) is 36.9 Å². The van der Waals surface area contributed by atoms with E-state index in [0.717, 1.165) is 25.9 Å². The van der Waals surface area contributed by atoms with Gasteiger partial charge in [-0.3, -0.25) is 4.90 Å². The van der Waals surface area contributed by atoms with E-state index in [1.54, 1.807) is 7.11 Å². The molecule has 3 heteroatoms. The Bertz CT molecular complexity index is 407. The molecule has 3 nitrogen and oxygen atoms in total. The summed E-state index contributed by atoms with van der Waals surface area (Å²) in [6.07, 6.45) is 2.46. The van der Waals surface area contributed by atoms with Gasteiger partial charge < -0.3 is 10.5 Å². The molecule has 0 saturated carbocycles. The molecule has 1 fully saturated rings. The normalized spacial score (nSPS) is 23.5. The van der Waals surface area contributed by atoms with Crippen LogP contribution in [-0.4, -0.2) is 37.2 Å². The second kappa shape index (κ2) is 6.51. The Hall–Kier alpha value is -0.900. The molecule has 0 aliphatic carbocycles. The molecule has 0 bridgehead atoms. The van der Waals surface area contributed by atoms with Crippen molar-refractivity contribution in [3.05, 3.63) is 35.4 Å². The van der Waals surface area contributed by atoms with Crippen molar-refractivity contribution in [2.24, 2.45) is 5.73 Å². The molecule has 0 amide bonds. The first-order chi connectivity index (χ1) is 9.17. The number of nitrogens with zero attached hydrogens (tertiary/aromatic N) is 1. The van der Waals surface area contributed by atoms with Gasteiger partial charge in [0.15, 0.2) is 0 Å². The van der Waals surface area contributed by atoms with Crippen LogP contribution in [0.15, 0.2) is 24.3 Å². The van der Waals surface area contributed by atoms with Gasteiger partial charge in [0.1, 0.15) is 0 Å². The van der Waals surface area contributed by atoms with E-state index < -0.39 is 0 Å². The minimum atomic E-state index is 0.178. The van der Waals surface area contributed by atoms with Gasteiger partial charge in [0.2, 0.25) is 0 Å². The van der Waals surface area contributed by atoms with Crippen molar-refractivity contribution >= 4 is 0 Å². The van der Waals surface area contributed by atoms with Crippen molar-refractivity contribution in [2.75, 3.05) is 20.2 Å². The molecule has 2 N–H and O–H groups in total. The van der Waals surface area contributed by atoms with Gasteiger partial charge in [-0.1, -0.05) is 31.2 Å². The Labute approximate surface area is 116 Å². The van der Waals surface area contributed by atoms with E-state index in [2.05, 4.69) is 43.0 Å². The molecule has 2 rings (SSSR count). The first kappa shape index (κ1) is 14.5. The van der Waals surface area contributed by atoms with Gasteiger partial charge in [0, 0.05) is 26.2 Å². The van der Waals surface area contributed by atoms with E-state index in [1.807, 2.05) is 0 Å². The zero-order valence-corrected chi connectivity index (χ0v) is 12.3. The van der Waals surface area contributed by atoms with Crippen LogP contribution in [0.3, 0.4) is 0 Å². The maximum atomic E-state index is 6.40. The third-order valence-electron chi connectivity index (χ3n) is 4.29. The number of ether oxygens (including phenoxy) is 1. The lowest BCUT2D eigenvalue weighted by Gasteiger charge is -2.33. The maximum Gasteiger partial charge on any atom is 0.0710 e. The summed E-state index contributed by atoms with van der Waals surface area (Å²) in [6.45, 7) is 6.41. The molecule has 3 unspecified atom stereocenters. The summed E-state index contributed by atoms with van der Waals surface area (Å²) in [5, 5.41) is 0. The predicted molar refractivity (Wildman–Crippen MR) is 79.2 cm³/mol. The molecule has 3 atom stereocenters. The summed E-state index contributed by atoms with van der Waals surface area (Å²) >= 11 is 0. The Morgan fingerprint density at radius 1 is 1.42 bits per heavy atom. The van der Waals surface area contributed by atoms with Crippen molar-refractivity contribution in [3.63, 3.8) is 0 Å². The Balaban J connectivity index is 2.25. The smallest absolute Gasteiger partial charge is 0.0710 e. The average Bonchev–Trinajstić information content (AvgIpc) is 2.89. The lowest BCUT2D eigenvalue weighted by Crippen LogP contribution is -2.40. The van der Waals surface area contributed by atoms with Gasteiger partial charge in [0.05, 0.1) is 12.1 Å². The third kappa shape index (κ3) is 3.16.